The number of nitrogens with one attached hydrogen (secondary N) is 2. The molecule has 2 N–H and O–H groups in total. The molecule has 0 bridgehead atoms. The van der Waals surface area contributed by atoms with Gasteiger partial charge >= 0.3 is 6.18 Å². The molecule has 0 aromatic carbocycles. The van der Waals surface area contributed by atoms with E-state index in [-0.39, 0.29) is 10.9 Å². The molecule has 0 aliphatic rings. The molecule has 0 radical (unpaired) electrons. The van der Waals surface area contributed by atoms with Crippen LogP contribution in [0.15, 0.2) is 36.0 Å². The molecular formula is C18H11ClF3N5OS. The van der Waals surface area contributed by atoms with Gasteiger partial charge in [0.05, 0.1) is 27.3 Å². The maximum Gasteiger partial charge on any atom is 0.434 e. The first-order chi connectivity index (χ1) is 13.7. The lowest BCUT2D eigenvalue weighted by molar-refractivity contribution is -0.140. The number of rotatable bonds is 3. The minimum atomic E-state index is -4.55. The number of pyridine rings is 2. The van der Waals surface area contributed by atoms with Gasteiger partial charge in [0.15, 0.2) is 5.69 Å². The lowest BCUT2D eigenvalue weighted by atomic mass is 10.1. The van der Waals surface area contributed by atoms with Crippen LogP contribution in [0.25, 0.3) is 32.9 Å². The highest BCUT2D eigenvalue weighted by molar-refractivity contribution is 7.13. The van der Waals surface area contributed by atoms with E-state index in [9.17, 15) is 18.0 Å². The SMILES string of the molecule is CC(=O)Nc1cc(-c2[nH]c3cc(Cl)cnc3c2-c2nc(C(F)(F)F)cs2)ccn1. The van der Waals surface area contributed by atoms with Crippen LogP contribution < -0.4 is 5.32 Å². The zero-order valence-electron chi connectivity index (χ0n) is 14.6. The highest BCUT2D eigenvalue weighted by atomic mass is 35.5. The Hall–Kier alpha value is -2.98. The normalized spacial score (nSPS) is 11.8. The summed E-state index contributed by atoms with van der Waals surface area (Å²) >= 11 is 6.88. The lowest BCUT2D eigenvalue weighted by Crippen LogP contribution is -2.07. The van der Waals surface area contributed by atoms with Gasteiger partial charge in [0.25, 0.3) is 0 Å². The van der Waals surface area contributed by atoms with Crippen LogP contribution in [0.1, 0.15) is 12.6 Å². The molecule has 1 amide bonds. The summed E-state index contributed by atoms with van der Waals surface area (Å²) in [6.07, 6.45) is -1.65. The first kappa shape index (κ1) is 19.3. The number of thiazole rings is 1. The molecule has 6 nitrogen and oxygen atoms in total. The third kappa shape index (κ3) is 3.81. The van der Waals surface area contributed by atoms with Crippen LogP contribution in [0.2, 0.25) is 5.02 Å². The molecule has 0 spiro atoms. The zero-order valence-corrected chi connectivity index (χ0v) is 16.2. The van der Waals surface area contributed by atoms with Gasteiger partial charge in [-0.2, -0.15) is 13.2 Å². The van der Waals surface area contributed by atoms with Crippen LogP contribution >= 0.6 is 22.9 Å². The average molecular weight is 438 g/mol. The lowest BCUT2D eigenvalue weighted by Gasteiger charge is -2.06. The summed E-state index contributed by atoms with van der Waals surface area (Å²) < 4.78 is 39.2. The average Bonchev–Trinajstić information content (AvgIpc) is 3.25. The highest BCUT2D eigenvalue weighted by Gasteiger charge is 2.34. The van der Waals surface area contributed by atoms with Crippen LogP contribution in [0.5, 0.6) is 0 Å². The van der Waals surface area contributed by atoms with Crippen molar-refractivity contribution < 1.29 is 18.0 Å². The first-order valence-corrected chi connectivity index (χ1v) is 9.42. The second kappa shape index (κ2) is 7.12. The zero-order chi connectivity index (χ0) is 20.8. The smallest absolute Gasteiger partial charge is 0.353 e. The summed E-state index contributed by atoms with van der Waals surface area (Å²) in [5.74, 6) is 0.00966. The highest BCUT2D eigenvalue weighted by Crippen LogP contribution is 2.41. The maximum atomic E-state index is 13.1. The molecule has 4 rings (SSSR count). The topological polar surface area (TPSA) is 83.6 Å². The Morgan fingerprint density at radius 3 is 2.76 bits per heavy atom. The van der Waals surface area contributed by atoms with Crippen LogP contribution in [-0.4, -0.2) is 25.8 Å². The standard InChI is InChI=1S/C18H11ClF3N5OS/c1-8(28)25-13-4-9(2-3-23-13)15-14(16-11(26-15)5-10(19)6-24-16)17-27-12(7-29-17)18(20,21)22/h2-7,26H,1H3,(H,23,25,28). The predicted molar refractivity (Wildman–Crippen MR) is 105 cm³/mol. The predicted octanol–water partition coefficient (Wildman–Crippen LogP) is 5.38. The van der Waals surface area contributed by atoms with E-state index < -0.39 is 11.9 Å². The van der Waals surface area contributed by atoms with E-state index in [1.807, 2.05) is 0 Å². The van der Waals surface area contributed by atoms with E-state index in [1.54, 1.807) is 18.2 Å². The van der Waals surface area contributed by atoms with Crippen molar-refractivity contribution in [3.8, 4) is 21.8 Å². The van der Waals surface area contributed by atoms with Gasteiger partial charge in [-0.1, -0.05) is 11.6 Å². The molecule has 0 fully saturated rings. The minimum absolute atomic E-state index is 0.159. The molecule has 0 unspecified atom stereocenters. The van der Waals surface area contributed by atoms with E-state index in [4.69, 9.17) is 11.6 Å². The summed E-state index contributed by atoms with van der Waals surface area (Å²) in [6, 6.07) is 4.90. The molecule has 0 saturated carbocycles. The number of amides is 1. The van der Waals surface area contributed by atoms with Crippen molar-refractivity contribution in [1.82, 2.24) is 19.9 Å². The van der Waals surface area contributed by atoms with Gasteiger partial charge in [-0.3, -0.25) is 9.78 Å². The minimum Gasteiger partial charge on any atom is -0.353 e. The van der Waals surface area contributed by atoms with Gasteiger partial charge in [-0.25, -0.2) is 9.97 Å². The molecule has 11 heteroatoms. The molecular weight excluding hydrogens is 427 g/mol. The van der Waals surface area contributed by atoms with Crippen LogP contribution in [0.3, 0.4) is 0 Å². The molecule has 0 aliphatic carbocycles. The quantitative estimate of drug-likeness (QED) is 0.450. The van der Waals surface area contributed by atoms with Crippen molar-refractivity contribution in [3.63, 3.8) is 0 Å². The number of hydrogen-bond donors (Lipinski definition) is 2. The number of H-pyrrole nitrogens is 1. The Balaban J connectivity index is 1.94. The molecule has 29 heavy (non-hydrogen) atoms. The fraction of sp³-hybridized carbons (Fsp3) is 0.111. The maximum absolute atomic E-state index is 13.1. The van der Waals surface area contributed by atoms with Crippen LogP contribution in [-0.2, 0) is 11.0 Å². The van der Waals surface area contributed by atoms with E-state index in [1.165, 1.54) is 19.3 Å². The van der Waals surface area contributed by atoms with Crippen molar-refractivity contribution in [2.45, 2.75) is 13.1 Å². The Bertz CT molecular complexity index is 1230. The van der Waals surface area contributed by atoms with E-state index in [0.717, 1.165) is 16.7 Å². The third-order valence-electron chi connectivity index (χ3n) is 3.96. The molecule has 0 saturated heterocycles. The Labute approximate surface area is 170 Å². The molecule has 4 aromatic heterocycles. The van der Waals surface area contributed by atoms with Gasteiger partial charge < -0.3 is 10.3 Å². The molecule has 4 aromatic rings. The summed E-state index contributed by atoms with van der Waals surface area (Å²) in [5, 5.41) is 4.07. The monoisotopic (exact) mass is 437 g/mol. The number of aromatic nitrogens is 4. The van der Waals surface area contributed by atoms with Gasteiger partial charge in [0, 0.05) is 30.3 Å². The molecule has 4 heterocycles. The molecule has 0 atom stereocenters. The number of carbonyl (C=O) groups is 1. The summed E-state index contributed by atoms with van der Waals surface area (Å²) in [4.78, 5) is 26.6. The van der Waals surface area contributed by atoms with Gasteiger partial charge in [-0.05, 0) is 18.2 Å². The number of anilines is 1. The van der Waals surface area contributed by atoms with Crippen molar-refractivity contribution in [3.05, 3.63) is 46.7 Å². The Kier molecular flexibility index (Phi) is 4.75. The van der Waals surface area contributed by atoms with Crippen molar-refractivity contribution >= 4 is 45.7 Å². The van der Waals surface area contributed by atoms with E-state index >= 15 is 0 Å². The number of aromatic amines is 1. The second-order valence-electron chi connectivity index (χ2n) is 6.07. The fourth-order valence-corrected chi connectivity index (χ4v) is 3.86. The number of carbonyl (C=O) groups excluding carboxylic acids is 1. The number of nitrogens with zero attached hydrogens (tertiary/aromatic N) is 3. The molecule has 148 valence electrons. The number of alkyl halides is 3. The second-order valence-corrected chi connectivity index (χ2v) is 7.37. The van der Waals surface area contributed by atoms with E-state index in [0.29, 0.717) is 38.7 Å². The van der Waals surface area contributed by atoms with Crippen molar-refractivity contribution in [1.29, 1.82) is 0 Å². The van der Waals surface area contributed by atoms with Gasteiger partial charge in [0.1, 0.15) is 10.8 Å². The van der Waals surface area contributed by atoms with Crippen molar-refractivity contribution in [2.24, 2.45) is 0 Å². The van der Waals surface area contributed by atoms with Gasteiger partial charge in [-0.15, -0.1) is 11.3 Å². The summed E-state index contributed by atoms with van der Waals surface area (Å²) in [6.45, 7) is 1.35. The number of hydrogen-bond acceptors (Lipinski definition) is 5. The number of fused-ring (bicyclic) bond motifs is 1. The fourth-order valence-electron chi connectivity index (χ4n) is 2.83. The Morgan fingerprint density at radius 2 is 2.07 bits per heavy atom. The summed E-state index contributed by atoms with van der Waals surface area (Å²) in [5.41, 5.74) is 1.51. The largest absolute Gasteiger partial charge is 0.434 e. The molecule has 0 aliphatic heterocycles. The number of halogens is 4. The third-order valence-corrected chi connectivity index (χ3v) is 5.03. The summed E-state index contributed by atoms with van der Waals surface area (Å²) in [7, 11) is 0. The van der Waals surface area contributed by atoms with Crippen LogP contribution in [0, 0.1) is 0 Å². The van der Waals surface area contributed by atoms with Crippen LogP contribution in [0.4, 0.5) is 19.0 Å². The van der Waals surface area contributed by atoms with Crippen molar-refractivity contribution in [2.75, 3.05) is 5.32 Å². The Morgan fingerprint density at radius 1 is 1.28 bits per heavy atom. The first-order valence-electron chi connectivity index (χ1n) is 8.16. The van der Waals surface area contributed by atoms with Gasteiger partial charge in [0.2, 0.25) is 5.91 Å². The van der Waals surface area contributed by atoms with E-state index in [2.05, 4.69) is 25.3 Å².